The summed E-state index contributed by atoms with van der Waals surface area (Å²) in [5.41, 5.74) is 0.524. The number of rotatable bonds is 10. The molecule has 12 heteroatoms. The Bertz CT molecular complexity index is 1140. The van der Waals surface area contributed by atoms with Gasteiger partial charge < -0.3 is 10.6 Å². The second-order valence-electron chi connectivity index (χ2n) is 7.28. The SMILES string of the molecule is CCCSc1nc(NC(C)C)c2cnn(CCNC(=O)c3cc([N+](=O)[O-])ccc3Cl)c2n1. The highest BCUT2D eigenvalue weighted by molar-refractivity contribution is 7.99. The van der Waals surface area contributed by atoms with E-state index in [1.165, 1.54) is 12.1 Å². The lowest BCUT2D eigenvalue weighted by Crippen LogP contribution is -2.28. The molecule has 0 aliphatic carbocycles. The van der Waals surface area contributed by atoms with Gasteiger partial charge >= 0.3 is 0 Å². The van der Waals surface area contributed by atoms with E-state index in [2.05, 4.69) is 32.6 Å². The number of amides is 1. The van der Waals surface area contributed by atoms with Crippen molar-refractivity contribution in [1.29, 1.82) is 0 Å². The number of fused-ring (bicyclic) bond motifs is 1. The maximum absolute atomic E-state index is 12.5. The van der Waals surface area contributed by atoms with Gasteiger partial charge in [0.05, 0.1) is 33.6 Å². The van der Waals surface area contributed by atoms with Crippen LogP contribution in [0.1, 0.15) is 37.6 Å². The summed E-state index contributed by atoms with van der Waals surface area (Å²) in [7, 11) is 0. The summed E-state index contributed by atoms with van der Waals surface area (Å²) >= 11 is 7.62. The highest BCUT2D eigenvalue weighted by Crippen LogP contribution is 2.25. The molecule has 3 rings (SSSR count). The van der Waals surface area contributed by atoms with E-state index >= 15 is 0 Å². The third kappa shape index (κ3) is 5.65. The molecule has 2 heterocycles. The van der Waals surface area contributed by atoms with Crippen LogP contribution in [0, 0.1) is 10.1 Å². The number of carbonyl (C=O) groups excluding carboxylic acids is 1. The normalized spacial score (nSPS) is 11.2. The molecule has 2 N–H and O–H groups in total. The predicted octanol–water partition coefficient (Wildman–Crippen LogP) is 4.14. The lowest BCUT2D eigenvalue weighted by atomic mass is 10.2. The molecule has 170 valence electrons. The fourth-order valence-corrected chi connectivity index (χ4v) is 3.81. The number of halogens is 1. The zero-order chi connectivity index (χ0) is 23.3. The van der Waals surface area contributed by atoms with Gasteiger partial charge in [-0.25, -0.2) is 14.6 Å². The Labute approximate surface area is 194 Å². The quantitative estimate of drug-likeness (QED) is 0.193. The number of hydrogen-bond acceptors (Lipinski definition) is 8. The molecule has 0 unspecified atom stereocenters. The fourth-order valence-electron chi connectivity index (χ4n) is 2.91. The van der Waals surface area contributed by atoms with Crippen molar-refractivity contribution in [3.8, 4) is 0 Å². The molecule has 0 bridgehead atoms. The highest BCUT2D eigenvalue weighted by atomic mass is 35.5. The second-order valence-corrected chi connectivity index (χ2v) is 8.75. The summed E-state index contributed by atoms with van der Waals surface area (Å²) < 4.78 is 1.70. The number of anilines is 1. The van der Waals surface area contributed by atoms with E-state index in [1.807, 2.05) is 13.8 Å². The first-order valence-corrected chi connectivity index (χ1v) is 11.5. The molecule has 2 aromatic heterocycles. The lowest BCUT2D eigenvalue weighted by molar-refractivity contribution is -0.384. The van der Waals surface area contributed by atoms with Crippen molar-refractivity contribution < 1.29 is 9.72 Å². The number of nitrogens with one attached hydrogen (secondary N) is 2. The van der Waals surface area contributed by atoms with Gasteiger partial charge in [0.2, 0.25) is 0 Å². The fraction of sp³-hybridized carbons (Fsp3) is 0.400. The van der Waals surface area contributed by atoms with Crippen LogP contribution in [0.25, 0.3) is 11.0 Å². The number of thioether (sulfide) groups is 1. The zero-order valence-electron chi connectivity index (χ0n) is 18.0. The van der Waals surface area contributed by atoms with Crippen molar-refractivity contribution in [3.05, 3.63) is 45.1 Å². The number of nitrogens with zero attached hydrogens (tertiary/aromatic N) is 5. The number of hydrogen-bond donors (Lipinski definition) is 2. The summed E-state index contributed by atoms with van der Waals surface area (Å²) in [5.74, 6) is 1.13. The lowest BCUT2D eigenvalue weighted by Gasteiger charge is -2.12. The van der Waals surface area contributed by atoms with Crippen LogP contribution >= 0.6 is 23.4 Å². The molecule has 0 spiro atoms. The van der Waals surface area contributed by atoms with E-state index in [0.29, 0.717) is 17.3 Å². The van der Waals surface area contributed by atoms with E-state index < -0.39 is 10.8 Å². The summed E-state index contributed by atoms with van der Waals surface area (Å²) in [6.45, 7) is 6.76. The number of aromatic nitrogens is 4. The molecule has 32 heavy (non-hydrogen) atoms. The van der Waals surface area contributed by atoms with E-state index in [9.17, 15) is 14.9 Å². The minimum atomic E-state index is -0.570. The van der Waals surface area contributed by atoms with Gasteiger partial charge in [-0.1, -0.05) is 30.3 Å². The van der Waals surface area contributed by atoms with Gasteiger partial charge in [-0.05, 0) is 26.3 Å². The van der Waals surface area contributed by atoms with E-state index in [0.717, 1.165) is 29.4 Å². The van der Waals surface area contributed by atoms with Crippen LogP contribution in [-0.4, -0.2) is 48.9 Å². The molecule has 0 fully saturated rings. The van der Waals surface area contributed by atoms with Crippen molar-refractivity contribution >= 4 is 51.8 Å². The minimum Gasteiger partial charge on any atom is -0.367 e. The Morgan fingerprint density at radius 3 is 2.81 bits per heavy atom. The molecule has 0 radical (unpaired) electrons. The average Bonchev–Trinajstić information content (AvgIpc) is 3.15. The average molecular weight is 478 g/mol. The standard InChI is InChI=1S/C20H24ClN7O3S/c1-4-9-32-20-25-17(24-12(2)3)15-11-23-27(18(15)26-20)8-7-22-19(29)14-10-13(28(30)31)5-6-16(14)21/h5-6,10-12H,4,7-9H2,1-3H3,(H,22,29)(H,24,25,26). The van der Waals surface area contributed by atoms with Crippen molar-refractivity contribution in [2.24, 2.45) is 0 Å². The van der Waals surface area contributed by atoms with Gasteiger partial charge in [0, 0.05) is 30.5 Å². The predicted molar refractivity (Wildman–Crippen MR) is 126 cm³/mol. The molecule has 0 aliphatic rings. The van der Waals surface area contributed by atoms with Gasteiger partial charge in [0.15, 0.2) is 10.8 Å². The van der Waals surface area contributed by atoms with E-state index in [4.69, 9.17) is 11.6 Å². The van der Waals surface area contributed by atoms with Crippen LogP contribution in [0.2, 0.25) is 5.02 Å². The highest BCUT2D eigenvalue weighted by Gasteiger charge is 2.17. The van der Waals surface area contributed by atoms with Crippen molar-refractivity contribution in [1.82, 2.24) is 25.1 Å². The van der Waals surface area contributed by atoms with E-state index in [-0.39, 0.29) is 28.9 Å². The maximum Gasteiger partial charge on any atom is 0.270 e. The van der Waals surface area contributed by atoms with Gasteiger partial charge in [-0.3, -0.25) is 14.9 Å². The number of nitro groups is 1. The third-order valence-corrected chi connectivity index (χ3v) is 5.73. The van der Waals surface area contributed by atoms with Gasteiger partial charge in [0.25, 0.3) is 11.6 Å². The molecular weight excluding hydrogens is 454 g/mol. The van der Waals surface area contributed by atoms with Crippen LogP contribution in [0.15, 0.2) is 29.6 Å². The molecular formula is C20H24ClN7O3S. The zero-order valence-corrected chi connectivity index (χ0v) is 19.5. The molecule has 10 nitrogen and oxygen atoms in total. The van der Waals surface area contributed by atoms with Crippen LogP contribution in [-0.2, 0) is 6.54 Å². The molecule has 1 amide bonds. The first kappa shape index (κ1) is 23.7. The summed E-state index contributed by atoms with van der Waals surface area (Å²) in [4.78, 5) is 32.2. The largest absolute Gasteiger partial charge is 0.367 e. The smallest absolute Gasteiger partial charge is 0.270 e. The molecule has 3 aromatic rings. The third-order valence-electron chi connectivity index (χ3n) is 4.35. The Morgan fingerprint density at radius 2 is 2.12 bits per heavy atom. The van der Waals surface area contributed by atoms with Crippen molar-refractivity contribution in [2.75, 3.05) is 17.6 Å². The van der Waals surface area contributed by atoms with Gasteiger partial charge in [0.1, 0.15) is 5.82 Å². The van der Waals surface area contributed by atoms with Crippen LogP contribution in [0.4, 0.5) is 11.5 Å². The van der Waals surface area contributed by atoms with Gasteiger partial charge in [-0.15, -0.1) is 0 Å². The Kier molecular flexibility index (Phi) is 7.86. The summed E-state index contributed by atoms with van der Waals surface area (Å²) in [5, 5.41) is 23.1. The number of benzene rings is 1. The molecule has 1 aromatic carbocycles. The Morgan fingerprint density at radius 1 is 1.34 bits per heavy atom. The first-order chi connectivity index (χ1) is 15.3. The molecule has 0 saturated carbocycles. The molecule has 0 atom stereocenters. The van der Waals surface area contributed by atoms with Crippen molar-refractivity contribution in [2.45, 2.75) is 44.9 Å². The minimum absolute atomic E-state index is 0.0511. The number of nitro benzene ring substituents is 1. The first-order valence-electron chi connectivity index (χ1n) is 10.1. The van der Waals surface area contributed by atoms with Gasteiger partial charge in [-0.2, -0.15) is 5.10 Å². The van der Waals surface area contributed by atoms with Crippen LogP contribution in [0.3, 0.4) is 0 Å². The molecule has 0 aliphatic heterocycles. The van der Waals surface area contributed by atoms with Crippen LogP contribution in [0.5, 0.6) is 0 Å². The Balaban J connectivity index is 1.77. The monoisotopic (exact) mass is 477 g/mol. The Hall–Kier alpha value is -2.92. The topological polar surface area (TPSA) is 128 Å². The number of carbonyl (C=O) groups is 1. The van der Waals surface area contributed by atoms with Crippen LogP contribution < -0.4 is 10.6 Å². The van der Waals surface area contributed by atoms with Crippen molar-refractivity contribution in [3.63, 3.8) is 0 Å². The number of non-ortho nitro benzene ring substituents is 1. The second kappa shape index (κ2) is 10.6. The van der Waals surface area contributed by atoms with E-state index in [1.54, 1.807) is 22.6 Å². The maximum atomic E-state index is 12.5. The molecule has 0 saturated heterocycles. The summed E-state index contributed by atoms with van der Waals surface area (Å²) in [6, 6.07) is 3.95. The summed E-state index contributed by atoms with van der Waals surface area (Å²) in [6.07, 6.45) is 2.71.